The van der Waals surface area contributed by atoms with Gasteiger partial charge in [-0.1, -0.05) is 67.2 Å². The molecule has 2 bridgehead atoms. The predicted octanol–water partition coefficient (Wildman–Crippen LogP) is 5.12. The van der Waals surface area contributed by atoms with Gasteiger partial charge in [0, 0.05) is 12.8 Å². The van der Waals surface area contributed by atoms with Crippen molar-refractivity contribution in [3.63, 3.8) is 0 Å². The summed E-state index contributed by atoms with van der Waals surface area (Å²) in [6.07, 6.45) is 16.7. The molecule has 6 nitrogen and oxygen atoms in total. The van der Waals surface area contributed by atoms with Crippen molar-refractivity contribution in [1.82, 2.24) is 0 Å². The van der Waals surface area contributed by atoms with Gasteiger partial charge in [0.1, 0.15) is 12.2 Å². The summed E-state index contributed by atoms with van der Waals surface area (Å²) in [6, 6.07) is 0. The van der Waals surface area contributed by atoms with Crippen molar-refractivity contribution in [3.05, 3.63) is 60.3 Å². The van der Waals surface area contributed by atoms with Crippen LogP contribution in [0.25, 0.3) is 0 Å². The lowest BCUT2D eigenvalue weighted by atomic mass is 9.92. The van der Waals surface area contributed by atoms with E-state index in [4.69, 9.17) is 14.2 Å². The van der Waals surface area contributed by atoms with E-state index in [0.717, 1.165) is 38.5 Å². The molecule has 0 aromatic rings. The molecule has 200 valence electrons. The summed E-state index contributed by atoms with van der Waals surface area (Å²) in [5.74, 6) is -0.0587. The Labute approximate surface area is 216 Å². The van der Waals surface area contributed by atoms with Crippen molar-refractivity contribution in [3.8, 4) is 0 Å². The summed E-state index contributed by atoms with van der Waals surface area (Å²) in [7, 11) is 0. The zero-order valence-electron chi connectivity index (χ0n) is 21.9. The van der Waals surface area contributed by atoms with E-state index in [0.29, 0.717) is 25.4 Å². The Bertz CT molecular complexity index is 840. The molecule has 0 fully saturated rings. The monoisotopic (exact) mass is 500 g/mol. The van der Waals surface area contributed by atoms with Gasteiger partial charge in [-0.3, -0.25) is 4.79 Å². The number of hydrogen-bond donors (Lipinski definition) is 2. The van der Waals surface area contributed by atoms with Gasteiger partial charge in [0.15, 0.2) is 0 Å². The van der Waals surface area contributed by atoms with Crippen LogP contribution in [0.2, 0.25) is 0 Å². The molecule has 3 heterocycles. The first kappa shape index (κ1) is 28.6. The lowest BCUT2D eigenvalue weighted by molar-refractivity contribution is -0.155. The third-order valence-electron chi connectivity index (χ3n) is 6.98. The number of fused-ring (bicyclic) bond motifs is 2. The molecule has 0 unspecified atom stereocenters. The van der Waals surface area contributed by atoms with Crippen LogP contribution in [0, 0.1) is 5.92 Å². The highest BCUT2D eigenvalue weighted by atomic mass is 16.6. The topological polar surface area (TPSA) is 85.2 Å². The molecule has 3 rings (SSSR count). The molecular formula is C30H44O6. The van der Waals surface area contributed by atoms with Crippen molar-refractivity contribution in [2.24, 2.45) is 5.92 Å². The normalized spacial score (nSPS) is 35.4. The Morgan fingerprint density at radius 2 is 1.97 bits per heavy atom. The molecule has 0 saturated heterocycles. The largest absolute Gasteiger partial charge is 0.459 e. The predicted molar refractivity (Wildman–Crippen MR) is 141 cm³/mol. The standard InChI is InChI=1S/C30H44O6/c1-21-8-5-4-6-11-29(28(32)13-12-25-17-22(2)14-15-34-25)36-30(33)20-24(31)19-27-10-7-9-26(35-27)18-23(3)16-21/h4,6-7,10,12-14,23-29,31-32H,1,5,8-9,11,15-20H2,2-3H3/b6-4+,13-12+/t23-,24+,25+,26-,27-,28-,29-/m0/s1. The Kier molecular flexibility index (Phi) is 11.6. The second-order valence-electron chi connectivity index (χ2n) is 10.6. The van der Waals surface area contributed by atoms with Gasteiger partial charge in [0.05, 0.1) is 37.4 Å². The van der Waals surface area contributed by atoms with E-state index in [1.807, 2.05) is 24.3 Å². The summed E-state index contributed by atoms with van der Waals surface area (Å²) in [5.41, 5.74) is 2.47. The zero-order chi connectivity index (χ0) is 25.9. The summed E-state index contributed by atoms with van der Waals surface area (Å²) in [5, 5.41) is 21.4. The number of esters is 1. The molecule has 0 radical (unpaired) electrons. The average molecular weight is 501 g/mol. The maximum Gasteiger partial charge on any atom is 0.308 e. The summed E-state index contributed by atoms with van der Waals surface area (Å²) >= 11 is 0. The van der Waals surface area contributed by atoms with Gasteiger partial charge >= 0.3 is 5.97 Å². The van der Waals surface area contributed by atoms with Crippen LogP contribution in [-0.4, -0.2) is 59.4 Å². The zero-order valence-corrected chi connectivity index (χ0v) is 21.9. The van der Waals surface area contributed by atoms with E-state index >= 15 is 0 Å². The van der Waals surface area contributed by atoms with Gasteiger partial charge in [-0.15, -0.1) is 0 Å². The van der Waals surface area contributed by atoms with Crippen LogP contribution in [0.4, 0.5) is 0 Å². The summed E-state index contributed by atoms with van der Waals surface area (Å²) < 4.78 is 17.5. The number of allylic oxidation sites excluding steroid dienone is 2. The van der Waals surface area contributed by atoms with Crippen molar-refractivity contribution < 1.29 is 29.2 Å². The third kappa shape index (κ3) is 10.2. The highest BCUT2D eigenvalue weighted by Crippen LogP contribution is 2.26. The van der Waals surface area contributed by atoms with Crippen LogP contribution >= 0.6 is 0 Å². The first-order valence-electron chi connectivity index (χ1n) is 13.4. The Hall–Kier alpha value is -1.99. The molecule has 0 spiro atoms. The second-order valence-corrected chi connectivity index (χ2v) is 10.6. The highest BCUT2D eigenvalue weighted by molar-refractivity contribution is 5.70. The third-order valence-corrected chi connectivity index (χ3v) is 6.98. The summed E-state index contributed by atoms with van der Waals surface area (Å²) in [6.45, 7) is 9.11. The SMILES string of the molecule is C=C1CC/C=C/C[C@@H]([C@@H](O)/C=C/[C@@H]2CC(C)=CCO2)OC(=O)C[C@H](O)C[C@@H]2C=CC[C@@H](C[C@@H](C)C1)O2. The van der Waals surface area contributed by atoms with Crippen LogP contribution in [0.1, 0.15) is 71.6 Å². The Balaban J connectivity index is 1.66. The van der Waals surface area contributed by atoms with Crippen molar-refractivity contribution >= 4 is 5.97 Å². The Morgan fingerprint density at radius 3 is 2.78 bits per heavy atom. The molecule has 2 N–H and O–H groups in total. The number of rotatable bonds is 3. The van der Waals surface area contributed by atoms with Crippen LogP contribution < -0.4 is 0 Å². The minimum Gasteiger partial charge on any atom is -0.459 e. The number of aliphatic hydroxyl groups is 2. The van der Waals surface area contributed by atoms with Gasteiger partial charge in [-0.2, -0.15) is 0 Å². The van der Waals surface area contributed by atoms with E-state index in [1.165, 1.54) is 11.1 Å². The molecule has 36 heavy (non-hydrogen) atoms. The first-order valence-corrected chi connectivity index (χ1v) is 13.4. The van der Waals surface area contributed by atoms with E-state index in [9.17, 15) is 15.0 Å². The minimum atomic E-state index is -0.975. The number of carbonyl (C=O) groups is 1. The quantitative estimate of drug-likeness (QED) is 0.413. The molecule has 3 aliphatic rings. The fourth-order valence-corrected chi connectivity index (χ4v) is 5.06. The molecule has 0 amide bonds. The van der Waals surface area contributed by atoms with Gasteiger partial charge < -0.3 is 24.4 Å². The van der Waals surface area contributed by atoms with Crippen molar-refractivity contribution in [2.45, 2.75) is 108 Å². The molecule has 0 aromatic carbocycles. The second kappa shape index (κ2) is 14.7. The van der Waals surface area contributed by atoms with Crippen LogP contribution in [0.3, 0.4) is 0 Å². The van der Waals surface area contributed by atoms with Crippen LogP contribution in [0.5, 0.6) is 0 Å². The van der Waals surface area contributed by atoms with E-state index in [2.05, 4.69) is 32.6 Å². The number of carbonyl (C=O) groups excluding carboxylic acids is 1. The van der Waals surface area contributed by atoms with Gasteiger partial charge in [-0.25, -0.2) is 0 Å². The lowest BCUT2D eigenvalue weighted by Gasteiger charge is -2.29. The van der Waals surface area contributed by atoms with E-state index in [1.54, 1.807) is 6.08 Å². The molecule has 0 aromatic heterocycles. The first-order chi connectivity index (χ1) is 17.3. The average Bonchev–Trinajstić information content (AvgIpc) is 2.81. The molecule has 0 saturated carbocycles. The highest BCUT2D eigenvalue weighted by Gasteiger charge is 2.26. The lowest BCUT2D eigenvalue weighted by Crippen LogP contribution is -2.33. The number of aliphatic hydroxyl groups excluding tert-OH is 2. The van der Waals surface area contributed by atoms with E-state index in [-0.39, 0.29) is 24.7 Å². The maximum absolute atomic E-state index is 12.7. The fraction of sp³-hybridized carbons (Fsp3) is 0.633. The van der Waals surface area contributed by atoms with Crippen LogP contribution in [-0.2, 0) is 19.0 Å². The summed E-state index contributed by atoms with van der Waals surface area (Å²) in [4.78, 5) is 12.7. The fourth-order valence-electron chi connectivity index (χ4n) is 5.06. The van der Waals surface area contributed by atoms with Gasteiger partial charge in [0.2, 0.25) is 0 Å². The molecule has 0 aliphatic carbocycles. The molecular weight excluding hydrogens is 456 g/mol. The van der Waals surface area contributed by atoms with Crippen molar-refractivity contribution in [1.29, 1.82) is 0 Å². The number of cyclic esters (lactones) is 1. The van der Waals surface area contributed by atoms with Gasteiger partial charge in [-0.05, 0) is 51.4 Å². The van der Waals surface area contributed by atoms with Crippen LogP contribution in [0.15, 0.2) is 60.3 Å². The van der Waals surface area contributed by atoms with E-state index < -0.39 is 24.3 Å². The molecule has 7 atom stereocenters. The Morgan fingerprint density at radius 1 is 1.14 bits per heavy atom. The minimum absolute atomic E-state index is 0.0993. The smallest absolute Gasteiger partial charge is 0.308 e. The molecule has 3 aliphatic heterocycles. The molecule has 6 heteroatoms. The number of hydrogen-bond acceptors (Lipinski definition) is 6. The number of ether oxygens (including phenoxy) is 3. The maximum atomic E-state index is 12.7. The van der Waals surface area contributed by atoms with Gasteiger partial charge in [0.25, 0.3) is 0 Å². The van der Waals surface area contributed by atoms with Crippen molar-refractivity contribution in [2.75, 3.05) is 6.61 Å².